The van der Waals surface area contributed by atoms with E-state index in [-0.39, 0.29) is 23.0 Å². The number of quaternary nitrogens is 2. The maximum absolute atomic E-state index is 13.0. The van der Waals surface area contributed by atoms with Crippen LogP contribution in [0, 0.1) is 0 Å². The smallest absolute Gasteiger partial charge is 0.206 e. The Labute approximate surface area is 210 Å². The molecule has 0 fully saturated rings. The molecule has 196 valence electrons. The number of aliphatic hydroxyl groups excluding tert-OH is 2. The van der Waals surface area contributed by atoms with Crippen molar-refractivity contribution >= 4 is 9.84 Å². The molecule has 0 aliphatic carbocycles. The number of aliphatic hydroxyl groups is 2. The summed E-state index contributed by atoms with van der Waals surface area (Å²) in [6, 6.07) is 12.4. The minimum Gasteiger partial charge on any atom is -0.491 e. The lowest BCUT2D eigenvalue weighted by Crippen LogP contribution is -3.12. The van der Waals surface area contributed by atoms with E-state index >= 15 is 0 Å². The normalized spacial score (nSPS) is 13.7. The summed E-state index contributed by atoms with van der Waals surface area (Å²) in [5.41, 5.74) is 0. The number of benzene rings is 2. The predicted octanol–water partition coefficient (Wildman–Crippen LogP) is -0.152. The van der Waals surface area contributed by atoms with Gasteiger partial charge in [-0.2, -0.15) is 0 Å². The maximum atomic E-state index is 13.0. The second kappa shape index (κ2) is 14.4. The molecule has 0 aromatic heterocycles. The van der Waals surface area contributed by atoms with E-state index in [4.69, 9.17) is 9.47 Å². The summed E-state index contributed by atoms with van der Waals surface area (Å²) >= 11 is 0. The Morgan fingerprint density at radius 2 is 0.971 bits per heavy atom. The molecule has 0 amide bonds. The first-order valence-corrected chi connectivity index (χ1v) is 14.0. The van der Waals surface area contributed by atoms with Crippen LogP contribution in [0.2, 0.25) is 0 Å². The highest BCUT2D eigenvalue weighted by atomic mass is 32.2. The lowest BCUT2D eigenvalue weighted by atomic mass is 10.3. The van der Waals surface area contributed by atoms with Gasteiger partial charge in [0.2, 0.25) is 9.84 Å². The number of nitrogens with one attached hydrogen (secondary N) is 2. The molecular weight excluding hydrogens is 468 g/mol. The van der Waals surface area contributed by atoms with Crippen LogP contribution in [-0.4, -0.2) is 83.3 Å². The van der Waals surface area contributed by atoms with E-state index in [1.165, 1.54) is 34.1 Å². The van der Waals surface area contributed by atoms with E-state index in [0.29, 0.717) is 24.6 Å². The molecule has 2 aromatic rings. The van der Waals surface area contributed by atoms with Gasteiger partial charge in [0.05, 0.1) is 36.0 Å². The second-order valence-electron chi connectivity index (χ2n) is 8.70. The van der Waals surface area contributed by atoms with Crippen LogP contribution in [0.3, 0.4) is 0 Å². The zero-order valence-corrected chi connectivity index (χ0v) is 22.2. The second-order valence-corrected chi connectivity index (χ2v) is 10.6. The third kappa shape index (κ3) is 9.09. The maximum Gasteiger partial charge on any atom is 0.206 e. The first-order chi connectivity index (χ1) is 16.7. The van der Waals surface area contributed by atoms with Crippen molar-refractivity contribution in [1.29, 1.82) is 0 Å². The molecule has 0 radical (unpaired) electrons. The van der Waals surface area contributed by atoms with Gasteiger partial charge in [0, 0.05) is 0 Å². The van der Waals surface area contributed by atoms with E-state index < -0.39 is 22.0 Å². The van der Waals surface area contributed by atoms with E-state index in [2.05, 4.69) is 27.7 Å². The predicted molar refractivity (Wildman–Crippen MR) is 135 cm³/mol. The van der Waals surface area contributed by atoms with Crippen molar-refractivity contribution in [3.63, 3.8) is 0 Å². The molecule has 2 atom stereocenters. The monoisotopic (exact) mass is 510 g/mol. The average molecular weight is 511 g/mol. The van der Waals surface area contributed by atoms with E-state index in [1.807, 2.05) is 0 Å². The molecule has 2 rings (SSSR count). The van der Waals surface area contributed by atoms with Gasteiger partial charge in [-0.05, 0) is 76.2 Å². The third-order valence-corrected chi connectivity index (χ3v) is 7.99. The highest BCUT2D eigenvalue weighted by Crippen LogP contribution is 2.25. The summed E-state index contributed by atoms with van der Waals surface area (Å²) in [6.45, 7) is 13.6. The summed E-state index contributed by atoms with van der Waals surface area (Å²) < 4.78 is 37.3. The summed E-state index contributed by atoms with van der Waals surface area (Å²) in [5, 5.41) is 20.3. The van der Waals surface area contributed by atoms with Crippen LogP contribution in [0.4, 0.5) is 0 Å². The molecule has 9 heteroatoms. The molecule has 0 heterocycles. The van der Waals surface area contributed by atoms with Crippen LogP contribution in [0.15, 0.2) is 58.3 Å². The van der Waals surface area contributed by atoms with E-state index in [9.17, 15) is 18.6 Å². The quantitative estimate of drug-likeness (QED) is 0.251. The third-order valence-electron chi connectivity index (χ3n) is 6.20. The van der Waals surface area contributed by atoms with Crippen molar-refractivity contribution in [2.24, 2.45) is 0 Å². The lowest BCUT2D eigenvalue weighted by molar-refractivity contribution is -0.899. The Morgan fingerprint density at radius 3 is 1.26 bits per heavy atom. The van der Waals surface area contributed by atoms with Gasteiger partial charge in [-0.15, -0.1) is 0 Å². The number of rotatable bonds is 16. The van der Waals surface area contributed by atoms with Crippen LogP contribution in [0.25, 0.3) is 0 Å². The first-order valence-electron chi connectivity index (χ1n) is 12.5. The standard InChI is InChI=1S/C26H40N2O6S/c1-5-27(6-2)17-21(29)19-33-23-9-13-25(14-10-23)35(31,32)26-15-11-24(12-16-26)34-20-22(30)18-28(7-3)8-4/h9-16,21-22,29-30H,5-8,17-20H2,1-4H3/p+2/t21-,22+. The van der Waals surface area contributed by atoms with Crippen molar-refractivity contribution in [3.05, 3.63) is 48.5 Å². The van der Waals surface area contributed by atoms with Gasteiger partial charge in [0.1, 0.15) is 50.0 Å². The molecule has 0 aliphatic rings. The molecule has 0 saturated carbocycles. The highest BCUT2D eigenvalue weighted by molar-refractivity contribution is 7.91. The van der Waals surface area contributed by atoms with Gasteiger partial charge < -0.3 is 29.5 Å². The van der Waals surface area contributed by atoms with Crippen LogP contribution in [0.1, 0.15) is 27.7 Å². The molecule has 0 aliphatic heterocycles. The fourth-order valence-corrected chi connectivity index (χ4v) is 5.07. The summed E-state index contributed by atoms with van der Waals surface area (Å²) in [7, 11) is -3.70. The van der Waals surface area contributed by atoms with Crippen molar-refractivity contribution in [3.8, 4) is 11.5 Å². The van der Waals surface area contributed by atoms with Gasteiger partial charge >= 0.3 is 0 Å². The molecular formula is C26H42N2O6S+2. The van der Waals surface area contributed by atoms with Crippen LogP contribution in [0.5, 0.6) is 11.5 Å². The molecule has 2 aromatic carbocycles. The number of likely N-dealkylation sites (N-methyl/N-ethyl adjacent to an activating group) is 2. The molecule has 35 heavy (non-hydrogen) atoms. The van der Waals surface area contributed by atoms with Gasteiger partial charge in [-0.25, -0.2) is 8.42 Å². The number of sulfone groups is 1. The van der Waals surface area contributed by atoms with Gasteiger partial charge in [0.25, 0.3) is 0 Å². The number of hydrogen-bond acceptors (Lipinski definition) is 6. The molecule has 0 unspecified atom stereocenters. The number of hydrogen-bond donors (Lipinski definition) is 4. The van der Waals surface area contributed by atoms with Gasteiger partial charge in [0.15, 0.2) is 0 Å². The Balaban J connectivity index is 1.93. The fourth-order valence-electron chi connectivity index (χ4n) is 3.81. The highest BCUT2D eigenvalue weighted by Gasteiger charge is 2.19. The molecule has 0 bridgehead atoms. The van der Waals surface area contributed by atoms with Crippen molar-refractivity contribution < 1.29 is 37.9 Å². The SMILES string of the molecule is CC[NH+](CC)C[C@H](O)COc1ccc(S(=O)(=O)c2ccc(OC[C@H](O)C[NH+](CC)CC)cc2)cc1. The molecule has 4 N–H and O–H groups in total. The van der Waals surface area contributed by atoms with Crippen molar-refractivity contribution in [1.82, 2.24) is 0 Å². The zero-order chi connectivity index (χ0) is 25.8. The number of ether oxygens (including phenoxy) is 2. The van der Waals surface area contributed by atoms with E-state index in [0.717, 1.165) is 26.2 Å². The Morgan fingerprint density at radius 1 is 0.657 bits per heavy atom. The summed E-state index contributed by atoms with van der Waals surface area (Å²) in [6.07, 6.45) is -1.18. The fraction of sp³-hybridized carbons (Fsp3) is 0.538. The largest absolute Gasteiger partial charge is 0.491 e. The first kappa shape index (κ1) is 29.1. The summed E-state index contributed by atoms with van der Waals surface area (Å²) in [4.78, 5) is 2.89. The molecule has 0 spiro atoms. The van der Waals surface area contributed by atoms with Crippen molar-refractivity contribution in [2.45, 2.75) is 49.7 Å². The average Bonchev–Trinajstić information content (AvgIpc) is 2.88. The minimum atomic E-state index is -3.70. The lowest BCUT2D eigenvalue weighted by Gasteiger charge is -2.19. The van der Waals surface area contributed by atoms with E-state index in [1.54, 1.807) is 24.3 Å². The Hall–Kier alpha value is -2.17. The van der Waals surface area contributed by atoms with Crippen LogP contribution in [-0.2, 0) is 9.84 Å². The minimum absolute atomic E-state index is 0.155. The molecule has 0 saturated heterocycles. The Bertz CT molecular complexity index is 885. The van der Waals surface area contributed by atoms with Gasteiger partial charge in [-0.3, -0.25) is 0 Å². The van der Waals surface area contributed by atoms with Gasteiger partial charge in [-0.1, -0.05) is 0 Å². The Kier molecular flexibility index (Phi) is 12.0. The zero-order valence-electron chi connectivity index (χ0n) is 21.4. The van der Waals surface area contributed by atoms with Crippen LogP contribution < -0.4 is 19.3 Å². The topological polar surface area (TPSA) is 102 Å². The van der Waals surface area contributed by atoms with Crippen molar-refractivity contribution in [2.75, 3.05) is 52.5 Å². The van der Waals surface area contributed by atoms with Crippen LogP contribution >= 0.6 is 0 Å². The summed E-state index contributed by atoms with van der Waals surface area (Å²) in [5.74, 6) is 1.01. The molecule has 8 nitrogen and oxygen atoms in total.